The number of anilines is 7. The lowest BCUT2D eigenvalue weighted by atomic mass is 10.1. The summed E-state index contributed by atoms with van der Waals surface area (Å²) in [6.45, 7) is 8.75. The number of aryl methyl sites for hydroxylation is 4. The van der Waals surface area contributed by atoms with E-state index < -0.39 is 0 Å². The first-order chi connectivity index (χ1) is 31.0. The highest BCUT2D eigenvalue weighted by atomic mass is 35.5. The van der Waals surface area contributed by atoms with E-state index in [-0.39, 0.29) is 13.6 Å². The Labute approximate surface area is 394 Å². The zero-order valence-corrected chi connectivity index (χ0v) is 37.3. The van der Waals surface area contributed by atoms with Crippen molar-refractivity contribution in [2.75, 3.05) is 33.7 Å². The maximum absolute atomic E-state index is 8.96. The number of aromatic nitrogens is 4. The molecule has 0 saturated carbocycles. The molecule has 6 aromatic rings. The van der Waals surface area contributed by atoms with Gasteiger partial charge in [-0.15, -0.1) is 11.6 Å². The van der Waals surface area contributed by atoms with Crippen LogP contribution in [-0.4, -0.2) is 32.4 Å². The number of hydrogen-bond donors (Lipinski definition) is 3. The molecular formula is C49H49Cl2F3N12. The van der Waals surface area contributed by atoms with Crippen LogP contribution in [0.5, 0.6) is 0 Å². The minimum absolute atomic E-state index is 0. The van der Waals surface area contributed by atoms with Gasteiger partial charge >= 0.3 is 0 Å². The summed E-state index contributed by atoms with van der Waals surface area (Å²) < 4.78 is 16.0. The summed E-state index contributed by atoms with van der Waals surface area (Å²) in [4.78, 5) is 20.2. The molecule has 17 heteroatoms. The number of hydrogen-bond acceptors (Lipinski definition) is 12. The third-order valence-corrected chi connectivity index (χ3v) is 10.1. The van der Waals surface area contributed by atoms with Crippen LogP contribution in [0.1, 0.15) is 64.7 Å². The van der Waals surface area contributed by atoms with Gasteiger partial charge in [0.05, 0.1) is 35.4 Å². The fourth-order valence-electron chi connectivity index (χ4n) is 6.38. The second-order valence-electron chi connectivity index (χ2n) is 13.9. The van der Waals surface area contributed by atoms with Crippen molar-refractivity contribution in [1.82, 2.24) is 19.9 Å². The van der Waals surface area contributed by atoms with Gasteiger partial charge in [0.25, 0.3) is 0 Å². The highest BCUT2D eigenvalue weighted by Gasteiger charge is 2.26. The molecule has 12 nitrogen and oxygen atoms in total. The first kappa shape index (κ1) is 54.2. The molecule has 3 heterocycles. The average Bonchev–Trinajstić information content (AvgIpc) is 3.73. The Morgan fingerprint density at radius 3 is 1.70 bits per heavy atom. The van der Waals surface area contributed by atoms with Crippen LogP contribution in [0.2, 0.25) is 5.15 Å². The van der Waals surface area contributed by atoms with Gasteiger partial charge in [0.2, 0.25) is 11.9 Å². The Hall–Kier alpha value is -7.95. The molecule has 340 valence electrons. The number of alkyl halides is 1. The lowest BCUT2D eigenvalue weighted by Crippen LogP contribution is -2.16. The molecule has 0 unspecified atom stereocenters. The van der Waals surface area contributed by atoms with Crippen molar-refractivity contribution in [1.29, 1.82) is 21.0 Å². The first-order valence-corrected chi connectivity index (χ1v) is 20.4. The second kappa shape index (κ2) is 27.3. The highest BCUT2D eigenvalue weighted by Crippen LogP contribution is 2.37. The molecule has 66 heavy (non-hydrogen) atoms. The number of halogens is 5. The summed E-state index contributed by atoms with van der Waals surface area (Å²) in [7, 11) is 0. The highest BCUT2D eigenvalue weighted by molar-refractivity contribution is 6.30. The molecule has 0 fully saturated rings. The summed E-state index contributed by atoms with van der Waals surface area (Å²) in [5.41, 5.74) is 18.3. The molecule has 7 rings (SSSR count). The molecule has 1 aliphatic rings. The van der Waals surface area contributed by atoms with Crippen LogP contribution in [0.15, 0.2) is 97.1 Å². The summed E-state index contributed by atoms with van der Waals surface area (Å²) >= 11 is 11.9. The molecule has 0 bridgehead atoms. The Morgan fingerprint density at radius 1 is 0.727 bits per heavy atom. The first-order valence-electron chi connectivity index (χ1n) is 19.5. The average molecular weight is 935 g/mol. The minimum Gasteiger partial charge on any atom is -0.399 e. The van der Waals surface area contributed by atoms with Crippen LogP contribution in [0.4, 0.5) is 54.3 Å². The standard InChI is InChI=1S/C24H20N6.C14H12Cl2N4.C10H10N2.CH4.F2.FH.H2/c1-16-14-18(4-3-12-25)7-10-22(16)30-13-11-21-17(2)27-24(29-23(21)30)28-20-8-5-19(15-26)6-9-20;1-9-12(6-7-15)13(16)20-14(18-9)19-11-4-2-10(8-17)3-5-11;1-8-7-9(3-2-6-11)4-5-10(8)12;;1-2;;/h3-10,14H,11,13H2,1-2H3,(H,27,28,29);2-5H,6-7H2,1H3,(H,18,19,20);2-5,7H,12H2,1H3;1H4;;2*1H/b4-3+;;3-2+;;;;/i;;;;;;1+1. The molecule has 1 aliphatic heterocycles. The van der Waals surface area contributed by atoms with Crippen molar-refractivity contribution < 1.29 is 15.3 Å². The van der Waals surface area contributed by atoms with E-state index in [1.807, 2.05) is 69.3 Å². The van der Waals surface area contributed by atoms with Crippen molar-refractivity contribution in [3.05, 3.63) is 158 Å². The topological polar surface area (TPSA) is 200 Å². The van der Waals surface area contributed by atoms with E-state index in [1.165, 1.54) is 12.2 Å². The molecule has 2 aromatic heterocycles. The van der Waals surface area contributed by atoms with Crippen molar-refractivity contribution in [2.45, 2.75) is 48.0 Å². The van der Waals surface area contributed by atoms with Crippen molar-refractivity contribution in [3.8, 4) is 24.3 Å². The maximum Gasteiger partial charge on any atom is 0.229 e. The van der Waals surface area contributed by atoms with Crippen LogP contribution in [0.3, 0.4) is 0 Å². The van der Waals surface area contributed by atoms with Gasteiger partial charge in [0, 0.05) is 80.4 Å². The van der Waals surface area contributed by atoms with Crippen LogP contribution < -0.4 is 21.3 Å². The van der Waals surface area contributed by atoms with Gasteiger partial charge in [-0.05, 0) is 148 Å². The largest absolute Gasteiger partial charge is 0.399 e. The zero-order chi connectivity index (χ0) is 46.6. The van der Waals surface area contributed by atoms with Crippen molar-refractivity contribution in [3.63, 3.8) is 0 Å². The molecule has 0 saturated heterocycles. The molecule has 4 N–H and O–H groups in total. The normalized spacial score (nSPS) is 10.6. The van der Waals surface area contributed by atoms with Crippen LogP contribution in [-0.2, 0) is 12.8 Å². The van der Waals surface area contributed by atoms with E-state index in [2.05, 4.69) is 61.7 Å². The molecule has 0 amide bonds. The Morgan fingerprint density at radius 2 is 1.23 bits per heavy atom. The monoisotopic (exact) mass is 933 g/mol. The number of benzene rings is 4. The number of nitrogens with one attached hydrogen (secondary N) is 2. The molecule has 0 atom stereocenters. The summed E-state index contributed by atoms with van der Waals surface area (Å²) in [5.74, 6) is 2.36. The van der Waals surface area contributed by atoms with Gasteiger partial charge < -0.3 is 21.3 Å². The van der Waals surface area contributed by atoms with E-state index >= 15 is 0 Å². The van der Waals surface area contributed by atoms with Crippen LogP contribution in [0, 0.1) is 73.0 Å². The van der Waals surface area contributed by atoms with Gasteiger partial charge in [0.15, 0.2) is 0 Å². The van der Waals surface area contributed by atoms with Crippen molar-refractivity contribution >= 4 is 75.8 Å². The fraction of sp³-hybridized carbons (Fsp3) is 0.184. The number of nitrogens with zero attached hydrogens (tertiary/aromatic N) is 9. The van der Waals surface area contributed by atoms with E-state index in [0.717, 1.165) is 86.3 Å². The number of rotatable bonds is 9. The number of nitriles is 4. The van der Waals surface area contributed by atoms with E-state index in [0.29, 0.717) is 40.5 Å². The minimum atomic E-state index is 0. The van der Waals surface area contributed by atoms with Crippen LogP contribution in [0.25, 0.3) is 12.2 Å². The molecule has 0 spiro atoms. The molecule has 0 radical (unpaired) electrons. The lowest BCUT2D eigenvalue weighted by molar-refractivity contribution is 0.108. The van der Waals surface area contributed by atoms with Gasteiger partial charge in [-0.1, -0.05) is 31.2 Å². The SMILES string of the molecule is C.Cc1cc(/C=C/C#N)ccc1N.Cc1cc(/C=C/C#N)ccc1N1CCc2c(C)nc(Nc3ccc(C#N)cc3)nc21.Cc1nc(Nc2ccc(C#N)cc2)nc(Cl)c1CCCl.F.FF.[2HH]. The molecular weight excluding hydrogens is 885 g/mol. The smallest absolute Gasteiger partial charge is 0.229 e. The van der Waals surface area contributed by atoms with Gasteiger partial charge in [-0.2, -0.15) is 26.0 Å². The summed E-state index contributed by atoms with van der Waals surface area (Å²) in [6, 6.07) is 34.2. The predicted octanol–water partition coefficient (Wildman–Crippen LogP) is 12.8. The maximum atomic E-state index is 8.96. The van der Waals surface area contributed by atoms with Gasteiger partial charge in [-0.25, -0.2) is 15.0 Å². The summed E-state index contributed by atoms with van der Waals surface area (Å²) in [5, 5.41) is 41.5. The molecule has 0 aliphatic carbocycles. The second-order valence-corrected chi connectivity index (χ2v) is 14.6. The predicted molar refractivity (Wildman–Crippen MR) is 262 cm³/mol. The number of nitrogen functional groups attached to an aromatic ring is 1. The van der Waals surface area contributed by atoms with Gasteiger partial charge in [0.1, 0.15) is 11.0 Å². The fourth-order valence-corrected chi connectivity index (χ4v) is 6.88. The van der Waals surface area contributed by atoms with E-state index in [9.17, 15) is 0 Å². The van der Waals surface area contributed by atoms with Gasteiger partial charge in [-0.3, -0.25) is 4.70 Å². The lowest BCUT2D eigenvalue weighted by Gasteiger charge is -2.22. The number of allylic oxidation sites excluding steroid dienone is 2. The van der Waals surface area contributed by atoms with E-state index in [4.69, 9.17) is 64.1 Å². The Bertz CT molecular complexity index is 2770. The van der Waals surface area contributed by atoms with E-state index in [1.54, 1.807) is 48.6 Å². The molecule has 4 aromatic carbocycles. The third kappa shape index (κ3) is 15.1. The third-order valence-electron chi connectivity index (χ3n) is 9.59. The number of fused-ring (bicyclic) bond motifs is 1. The van der Waals surface area contributed by atoms with Crippen molar-refractivity contribution in [2.24, 2.45) is 0 Å². The Kier molecular flexibility index (Phi) is 22.4. The number of nitrogens with two attached hydrogens (primary N) is 1. The van der Waals surface area contributed by atoms with Crippen LogP contribution >= 0.6 is 23.2 Å². The summed E-state index contributed by atoms with van der Waals surface area (Å²) in [6.07, 6.45) is 8.03. The zero-order valence-electron chi connectivity index (χ0n) is 35.7. The quantitative estimate of drug-likeness (QED) is 0.0537. The Balaban J connectivity index is 0.000000527.